The van der Waals surface area contributed by atoms with Gasteiger partial charge in [-0.25, -0.2) is 13.9 Å². The highest BCUT2D eigenvalue weighted by Crippen LogP contribution is 2.46. The highest BCUT2D eigenvalue weighted by molar-refractivity contribution is 5.86. The largest absolute Gasteiger partial charge is 0.480 e. The van der Waals surface area contributed by atoms with Gasteiger partial charge >= 0.3 is 12.1 Å². The van der Waals surface area contributed by atoms with Gasteiger partial charge in [-0.2, -0.15) is 5.10 Å². The number of fused-ring (bicyclic) bond motifs is 2. The smallest absolute Gasteiger partial charge is 0.408 e. The molecular formula is C39H46FN5O7. The Labute approximate surface area is 301 Å². The number of carbonyl (C=O) groups excluding carboxylic acids is 2. The van der Waals surface area contributed by atoms with Gasteiger partial charge in [-0.15, -0.1) is 0 Å². The van der Waals surface area contributed by atoms with Gasteiger partial charge in [0.2, 0.25) is 5.91 Å². The number of ether oxygens (including phenoxy) is 1. The number of amides is 2. The number of carbonyl (C=O) groups is 3. The maximum atomic E-state index is 14.5. The molecule has 1 saturated heterocycles. The summed E-state index contributed by atoms with van der Waals surface area (Å²) in [5.41, 5.74) is -0.778. The van der Waals surface area contributed by atoms with E-state index >= 15 is 0 Å². The Morgan fingerprint density at radius 2 is 1.77 bits per heavy atom. The molecule has 12 nitrogen and oxygen atoms in total. The fourth-order valence-corrected chi connectivity index (χ4v) is 7.23. The van der Waals surface area contributed by atoms with Gasteiger partial charge in [0.25, 0.3) is 5.56 Å². The first kappa shape index (κ1) is 36.9. The molecule has 1 aromatic heterocycles. The highest BCUT2D eigenvalue weighted by atomic mass is 19.1. The standard InChI is InChI=1S/C39H46FN5O7/c1-38(2,3)52-37(51)41-30-15-11-6-4-5-10-14-26-22-39(26,36(49)50)42-33(46)32-20-28(23-44(32)35(30)48)45-34(47)29(24-16-18-27(40)19-17-24)21-31(43-45)25-12-8-7-9-13-25/h7-10,12-14,16-19,21,26,28,30,32-33,42,46H,4-6,11,15,20,22-23H2,1-3H3,(H,41,51)(H,49,50)/t26-,28+,30-,32?,33+,39+/m1/s1. The van der Waals surface area contributed by atoms with Crippen LogP contribution in [0.1, 0.15) is 71.8 Å². The number of aromatic nitrogens is 2. The molecule has 2 aromatic carbocycles. The van der Waals surface area contributed by atoms with Crippen LogP contribution in [0, 0.1) is 11.7 Å². The summed E-state index contributed by atoms with van der Waals surface area (Å²) >= 11 is 0. The average molecular weight is 716 g/mol. The number of carboxylic acid groups (broad SMARTS) is 1. The third-order valence-corrected chi connectivity index (χ3v) is 10.00. The molecule has 276 valence electrons. The minimum absolute atomic E-state index is 0.0449. The summed E-state index contributed by atoms with van der Waals surface area (Å²) in [5.74, 6) is -2.41. The molecule has 13 heteroatoms. The van der Waals surface area contributed by atoms with Gasteiger partial charge in [-0.05, 0) is 76.6 Å². The van der Waals surface area contributed by atoms with Crippen LogP contribution in [0.25, 0.3) is 22.4 Å². The summed E-state index contributed by atoms with van der Waals surface area (Å²) in [6, 6.07) is 13.7. The zero-order valence-electron chi connectivity index (χ0n) is 29.6. The number of alkyl carbamates (subject to hydrolysis) is 1. The van der Waals surface area contributed by atoms with Crippen LogP contribution in [0.4, 0.5) is 9.18 Å². The van der Waals surface area contributed by atoms with E-state index in [0.717, 1.165) is 24.8 Å². The monoisotopic (exact) mass is 715 g/mol. The zero-order valence-corrected chi connectivity index (χ0v) is 29.6. The number of rotatable bonds is 5. The molecule has 2 amide bonds. The van der Waals surface area contributed by atoms with Crippen molar-refractivity contribution in [2.24, 2.45) is 5.92 Å². The Morgan fingerprint density at radius 3 is 2.46 bits per heavy atom. The third-order valence-electron chi connectivity index (χ3n) is 10.00. The number of hydrogen-bond donors (Lipinski definition) is 4. The van der Waals surface area contributed by atoms with Crippen LogP contribution >= 0.6 is 0 Å². The molecule has 2 aliphatic heterocycles. The Bertz CT molecular complexity index is 1880. The number of allylic oxidation sites excluding steroid dienone is 1. The predicted molar refractivity (Wildman–Crippen MR) is 191 cm³/mol. The first-order valence-electron chi connectivity index (χ1n) is 17.9. The van der Waals surface area contributed by atoms with Crippen molar-refractivity contribution in [2.75, 3.05) is 6.54 Å². The van der Waals surface area contributed by atoms with E-state index in [1.165, 1.54) is 33.8 Å². The van der Waals surface area contributed by atoms with Crippen LogP contribution in [0.2, 0.25) is 0 Å². The predicted octanol–water partition coefficient (Wildman–Crippen LogP) is 5.02. The van der Waals surface area contributed by atoms with Gasteiger partial charge in [0.1, 0.15) is 29.2 Å². The first-order valence-corrected chi connectivity index (χ1v) is 17.9. The molecule has 1 saturated carbocycles. The van der Waals surface area contributed by atoms with Crippen LogP contribution < -0.4 is 16.2 Å². The quantitative estimate of drug-likeness (QED) is 0.266. The molecule has 3 aliphatic rings. The Hall–Kier alpha value is -4.88. The van der Waals surface area contributed by atoms with Crippen LogP contribution in [0.5, 0.6) is 0 Å². The van der Waals surface area contributed by atoms with Crippen molar-refractivity contribution < 1.29 is 33.7 Å². The number of hydrogen-bond acceptors (Lipinski definition) is 8. The second-order valence-corrected chi connectivity index (χ2v) is 15.0. The lowest BCUT2D eigenvalue weighted by molar-refractivity contribution is -0.143. The van der Waals surface area contributed by atoms with Crippen molar-refractivity contribution in [2.45, 2.75) is 101 Å². The average Bonchev–Trinajstić information content (AvgIpc) is 3.61. The Morgan fingerprint density at radius 1 is 1.04 bits per heavy atom. The molecule has 0 spiro atoms. The number of aliphatic hydroxyl groups excluding tert-OH is 1. The number of carboxylic acids is 1. The van der Waals surface area contributed by atoms with E-state index in [2.05, 4.69) is 10.6 Å². The van der Waals surface area contributed by atoms with Crippen LogP contribution in [-0.2, 0) is 14.3 Å². The Kier molecular flexibility index (Phi) is 10.6. The van der Waals surface area contributed by atoms with Gasteiger partial charge in [0, 0.05) is 18.0 Å². The fourth-order valence-electron chi connectivity index (χ4n) is 7.23. The van der Waals surface area contributed by atoms with E-state index < -0.39 is 64.8 Å². The number of nitrogens with one attached hydrogen (secondary N) is 2. The van der Waals surface area contributed by atoms with E-state index in [1.807, 2.05) is 42.5 Å². The second-order valence-electron chi connectivity index (χ2n) is 15.0. The molecule has 1 aliphatic carbocycles. The minimum Gasteiger partial charge on any atom is -0.480 e. The molecular weight excluding hydrogens is 669 g/mol. The SMILES string of the molecule is CC(C)(C)OC(=O)N[C@@H]1CCCCCC=C[C@@H]2C[C@]2(C(=O)O)N[C@@H](O)C2C[C@H](n3nc(-c4ccccc4)cc(-c4ccc(F)cc4)c3=O)CN2C1=O. The first-order chi connectivity index (χ1) is 24.8. The lowest BCUT2D eigenvalue weighted by atomic mass is 10.0. The lowest BCUT2D eigenvalue weighted by Gasteiger charge is -2.33. The summed E-state index contributed by atoms with van der Waals surface area (Å²) < 4.78 is 20.7. The number of aliphatic hydroxyl groups is 1. The van der Waals surface area contributed by atoms with Gasteiger partial charge < -0.3 is 25.2 Å². The molecule has 4 N–H and O–H groups in total. The number of nitrogens with zero attached hydrogens (tertiary/aromatic N) is 3. The van der Waals surface area contributed by atoms with Crippen LogP contribution in [-0.4, -0.2) is 78.9 Å². The molecule has 2 fully saturated rings. The van der Waals surface area contributed by atoms with Crippen LogP contribution in [0.3, 0.4) is 0 Å². The van der Waals surface area contributed by atoms with E-state index in [9.17, 15) is 33.8 Å². The van der Waals surface area contributed by atoms with Crippen LogP contribution in [0.15, 0.2) is 77.6 Å². The molecule has 3 heterocycles. The summed E-state index contributed by atoms with van der Waals surface area (Å²) in [6.07, 6.45) is 5.10. The molecule has 3 aromatic rings. The molecule has 52 heavy (non-hydrogen) atoms. The second kappa shape index (κ2) is 15.0. The van der Waals surface area contributed by atoms with Gasteiger partial charge in [-0.3, -0.25) is 19.7 Å². The summed E-state index contributed by atoms with van der Waals surface area (Å²) in [4.78, 5) is 55.8. The maximum Gasteiger partial charge on any atom is 0.408 e. The van der Waals surface area contributed by atoms with Crippen molar-refractivity contribution in [1.82, 2.24) is 25.3 Å². The van der Waals surface area contributed by atoms with Crippen molar-refractivity contribution in [3.05, 3.63) is 89.0 Å². The molecule has 6 atom stereocenters. The third kappa shape index (κ3) is 8.10. The topological polar surface area (TPSA) is 163 Å². The van der Waals surface area contributed by atoms with Gasteiger partial charge in [0.15, 0.2) is 0 Å². The van der Waals surface area contributed by atoms with Crippen molar-refractivity contribution in [3.63, 3.8) is 0 Å². The van der Waals surface area contributed by atoms with Gasteiger partial charge in [0.05, 0.1) is 23.3 Å². The number of aliphatic carboxylic acids is 1. The highest BCUT2D eigenvalue weighted by Gasteiger charge is 2.61. The molecule has 0 radical (unpaired) electrons. The summed E-state index contributed by atoms with van der Waals surface area (Å²) in [7, 11) is 0. The molecule has 1 unspecified atom stereocenters. The van der Waals surface area contributed by atoms with Crippen molar-refractivity contribution in [1.29, 1.82) is 0 Å². The summed E-state index contributed by atoms with van der Waals surface area (Å²) in [6.45, 7) is 5.10. The molecule has 0 bridgehead atoms. The van der Waals surface area contributed by atoms with E-state index in [0.29, 0.717) is 24.1 Å². The van der Waals surface area contributed by atoms with Gasteiger partial charge in [-0.1, -0.05) is 67.5 Å². The van der Waals surface area contributed by atoms with E-state index in [1.54, 1.807) is 26.8 Å². The number of halogens is 1. The van der Waals surface area contributed by atoms with E-state index in [4.69, 9.17) is 9.84 Å². The van der Waals surface area contributed by atoms with Crippen molar-refractivity contribution >= 4 is 18.0 Å². The molecule has 6 rings (SSSR count). The van der Waals surface area contributed by atoms with Crippen molar-refractivity contribution in [3.8, 4) is 22.4 Å². The zero-order chi connectivity index (χ0) is 37.2. The summed E-state index contributed by atoms with van der Waals surface area (Å²) in [5, 5.41) is 32.5. The number of benzene rings is 2. The maximum absolute atomic E-state index is 14.5. The fraction of sp³-hybridized carbons (Fsp3) is 0.462. The minimum atomic E-state index is -1.50. The Balaban J connectivity index is 1.41. The normalized spacial score (nSPS) is 26.8. The lowest BCUT2D eigenvalue weighted by Crippen LogP contribution is -2.58. The van der Waals surface area contributed by atoms with E-state index in [-0.39, 0.29) is 30.9 Å².